The first-order chi connectivity index (χ1) is 16.4. The smallest absolute Gasteiger partial charge is 0.336 e. The van der Waals surface area contributed by atoms with Crippen molar-refractivity contribution in [2.45, 2.75) is 45.6 Å². The van der Waals surface area contributed by atoms with Crippen molar-refractivity contribution in [3.05, 3.63) is 81.9 Å². The van der Waals surface area contributed by atoms with E-state index in [1.165, 1.54) is 19.2 Å². The number of benzene rings is 2. The van der Waals surface area contributed by atoms with E-state index in [9.17, 15) is 14.0 Å². The van der Waals surface area contributed by atoms with Gasteiger partial charge in [-0.15, -0.1) is 0 Å². The maximum Gasteiger partial charge on any atom is 0.336 e. The van der Waals surface area contributed by atoms with E-state index in [0.717, 1.165) is 29.7 Å². The molecule has 1 atom stereocenters. The summed E-state index contributed by atoms with van der Waals surface area (Å²) in [4.78, 5) is 25.9. The highest BCUT2D eigenvalue weighted by atomic mass is 19.1. The van der Waals surface area contributed by atoms with E-state index in [2.05, 4.69) is 5.32 Å². The van der Waals surface area contributed by atoms with Crippen molar-refractivity contribution >= 4 is 11.8 Å². The molecule has 2 aromatic carbocycles. The number of methoxy groups -OCH3 is 1. The number of hydrogen-bond acceptors (Lipinski definition) is 6. The second-order valence-electron chi connectivity index (χ2n) is 8.31. The Kier molecular flexibility index (Phi) is 7.01. The Morgan fingerprint density at radius 2 is 1.88 bits per heavy atom. The summed E-state index contributed by atoms with van der Waals surface area (Å²) in [5, 5.41) is 3.28. The number of hydrogen-bond donors (Lipinski definition) is 1. The average molecular weight is 466 g/mol. The molecule has 0 amide bonds. The second kappa shape index (κ2) is 10.1. The van der Waals surface area contributed by atoms with Gasteiger partial charge >= 0.3 is 5.97 Å². The molecular formula is C27H28FNO5. The van der Waals surface area contributed by atoms with E-state index >= 15 is 0 Å². The molecule has 0 bridgehead atoms. The molecule has 0 fully saturated rings. The number of allylic oxidation sites excluding steroid dienone is 3. The van der Waals surface area contributed by atoms with Crippen LogP contribution in [0, 0.1) is 5.82 Å². The molecule has 1 heterocycles. The third-order valence-electron chi connectivity index (χ3n) is 6.10. The zero-order chi connectivity index (χ0) is 24.2. The molecule has 0 aromatic heterocycles. The fourth-order valence-electron chi connectivity index (χ4n) is 4.52. The molecule has 4 rings (SSSR count). The molecule has 2 aromatic rings. The van der Waals surface area contributed by atoms with Gasteiger partial charge in [0.2, 0.25) is 0 Å². The number of Topliss-reactive ketones (excluding diaryl/α,β-unsaturated/α-hetero) is 1. The van der Waals surface area contributed by atoms with E-state index in [1.807, 2.05) is 13.0 Å². The van der Waals surface area contributed by atoms with Crippen molar-refractivity contribution in [2.75, 3.05) is 13.7 Å². The summed E-state index contributed by atoms with van der Waals surface area (Å²) in [6.07, 6.45) is 1.97. The van der Waals surface area contributed by atoms with Crippen LogP contribution < -0.4 is 14.8 Å². The third-order valence-corrected chi connectivity index (χ3v) is 6.10. The van der Waals surface area contributed by atoms with E-state index in [4.69, 9.17) is 14.2 Å². The summed E-state index contributed by atoms with van der Waals surface area (Å²) in [5.74, 6) is -0.291. The summed E-state index contributed by atoms with van der Waals surface area (Å²) < 4.78 is 30.0. The van der Waals surface area contributed by atoms with Gasteiger partial charge in [0.1, 0.15) is 12.4 Å². The third kappa shape index (κ3) is 4.69. The lowest BCUT2D eigenvalue weighted by atomic mass is 9.75. The van der Waals surface area contributed by atoms with E-state index in [0.29, 0.717) is 34.8 Å². The number of nitrogens with one attached hydrogen (secondary N) is 1. The fraction of sp³-hybridized carbons (Fsp3) is 0.333. The number of rotatable bonds is 7. The van der Waals surface area contributed by atoms with Crippen molar-refractivity contribution < 1.29 is 28.2 Å². The van der Waals surface area contributed by atoms with Crippen molar-refractivity contribution in [1.82, 2.24) is 5.32 Å². The normalized spacial score (nSPS) is 17.8. The number of dihydropyridines is 1. The predicted octanol–water partition coefficient (Wildman–Crippen LogP) is 4.94. The molecule has 0 saturated carbocycles. The molecule has 6 nitrogen and oxygen atoms in total. The van der Waals surface area contributed by atoms with Crippen LogP contribution in [0.3, 0.4) is 0 Å². The standard InChI is InChI=1S/C27H28FNO5/c1-4-33-27(31)24-16(2)29-20-6-5-7-21(30)26(20)25(24)18-10-13-22(23(14-18)32-3)34-15-17-8-11-19(28)12-9-17/h8-14,25,29H,4-7,15H2,1-3H3/t25-/m1/s1. The van der Waals surface area contributed by atoms with Gasteiger partial charge in [-0.25, -0.2) is 9.18 Å². The molecule has 1 aliphatic carbocycles. The Bertz CT molecular complexity index is 1170. The van der Waals surface area contributed by atoms with Crippen LogP contribution in [-0.2, 0) is 20.9 Å². The molecule has 0 unspecified atom stereocenters. The summed E-state index contributed by atoms with van der Waals surface area (Å²) in [6, 6.07) is 11.5. The molecule has 2 aliphatic rings. The van der Waals surface area contributed by atoms with Crippen LogP contribution in [0.2, 0.25) is 0 Å². The van der Waals surface area contributed by atoms with Crippen LogP contribution in [-0.4, -0.2) is 25.5 Å². The number of ether oxygens (including phenoxy) is 3. The van der Waals surface area contributed by atoms with Gasteiger partial charge in [0.15, 0.2) is 17.3 Å². The molecular weight excluding hydrogens is 437 g/mol. The highest BCUT2D eigenvalue weighted by Crippen LogP contribution is 2.44. The van der Waals surface area contributed by atoms with Gasteiger partial charge in [-0.3, -0.25) is 4.79 Å². The summed E-state index contributed by atoms with van der Waals surface area (Å²) in [6.45, 7) is 4.07. The minimum Gasteiger partial charge on any atom is -0.493 e. The Balaban J connectivity index is 1.71. The first kappa shape index (κ1) is 23.5. The zero-order valence-corrected chi connectivity index (χ0v) is 19.6. The van der Waals surface area contributed by atoms with Crippen LogP contribution in [0.1, 0.15) is 50.2 Å². The highest BCUT2D eigenvalue weighted by Gasteiger charge is 2.39. The number of halogens is 1. The minimum atomic E-state index is -0.553. The van der Waals surface area contributed by atoms with E-state index in [-0.39, 0.29) is 24.8 Å². The van der Waals surface area contributed by atoms with Gasteiger partial charge in [0, 0.05) is 29.3 Å². The van der Waals surface area contributed by atoms with E-state index < -0.39 is 11.9 Å². The summed E-state index contributed by atoms with van der Waals surface area (Å²) >= 11 is 0. The van der Waals surface area contributed by atoms with Crippen LogP contribution in [0.25, 0.3) is 0 Å². The Morgan fingerprint density at radius 1 is 1.12 bits per heavy atom. The zero-order valence-electron chi connectivity index (χ0n) is 19.6. The van der Waals surface area contributed by atoms with Crippen LogP contribution >= 0.6 is 0 Å². The molecule has 7 heteroatoms. The molecule has 178 valence electrons. The highest BCUT2D eigenvalue weighted by molar-refractivity contribution is 6.03. The number of carbonyl (C=O) groups excluding carboxylic acids is 2. The average Bonchev–Trinajstić information content (AvgIpc) is 2.83. The first-order valence-electron chi connectivity index (χ1n) is 11.4. The Labute approximate surface area is 198 Å². The lowest BCUT2D eigenvalue weighted by Crippen LogP contribution is -2.34. The van der Waals surface area contributed by atoms with Crippen molar-refractivity contribution in [1.29, 1.82) is 0 Å². The Morgan fingerprint density at radius 3 is 2.59 bits per heavy atom. The molecule has 1 aliphatic heterocycles. The van der Waals surface area contributed by atoms with Crippen LogP contribution in [0.15, 0.2) is 65.0 Å². The van der Waals surface area contributed by atoms with Crippen LogP contribution in [0.5, 0.6) is 11.5 Å². The van der Waals surface area contributed by atoms with Crippen molar-refractivity contribution in [3.63, 3.8) is 0 Å². The van der Waals surface area contributed by atoms with Gasteiger partial charge in [-0.2, -0.15) is 0 Å². The molecule has 0 saturated heterocycles. The van der Waals surface area contributed by atoms with Crippen molar-refractivity contribution in [2.24, 2.45) is 0 Å². The molecule has 1 N–H and O–H groups in total. The lowest BCUT2D eigenvalue weighted by molar-refractivity contribution is -0.138. The molecule has 0 radical (unpaired) electrons. The van der Waals surface area contributed by atoms with Crippen LogP contribution in [0.4, 0.5) is 4.39 Å². The Hall–Kier alpha value is -3.61. The maximum atomic E-state index is 13.2. The predicted molar refractivity (Wildman–Crippen MR) is 125 cm³/mol. The van der Waals surface area contributed by atoms with Gasteiger partial charge < -0.3 is 19.5 Å². The quantitative estimate of drug-likeness (QED) is 0.584. The molecule has 34 heavy (non-hydrogen) atoms. The first-order valence-corrected chi connectivity index (χ1v) is 11.4. The topological polar surface area (TPSA) is 73.9 Å². The summed E-state index contributed by atoms with van der Waals surface area (Å²) in [5.41, 5.74) is 4.16. The number of ketones is 1. The number of carbonyl (C=O) groups is 2. The molecule has 0 spiro atoms. The van der Waals surface area contributed by atoms with Gasteiger partial charge in [0.25, 0.3) is 0 Å². The van der Waals surface area contributed by atoms with Gasteiger partial charge in [-0.1, -0.05) is 18.2 Å². The number of esters is 1. The second-order valence-corrected chi connectivity index (χ2v) is 8.31. The SMILES string of the molecule is CCOC(=O)C1=C(C)NC2=C(C(=O)CCC2)[C@@H]1c1ccc(OCc2ccc(F)cc2)c(OC)c1. The largest absolute Gasteiger partial charge is 0.493 e. The minimum absolute atomic E-state index is 0.0312. The summed E-state index contributed by atoms with van der Waals surface area (Å²) in [7, 11) is 1.54. The van der Waals surface area contributed by atoms with Gasteiger partial charge in [0.05, 0.1) is 19.3 Å². The monoisotopic (exact) mass is 465 g/mol. The van der Waals surface area contributed by atoms with Crippen molar-refractivity contribution in [3.8, 4) is 11.5 Å². The fourth-order valence-corrected chi connectivity index (χ4v) is 4.52. The maximum absolute atomic E-state index is 13.2. The lowest BCUT2D eigenvalue weighted by Gasteiger charge is -2.34. The van der Waals surface area contributed by atoms with Gasteiger partial charge in [-0.05, 0) is 62.1 Å². The van der Waals surface area contributed by atoms with E-state index in [1.54, 1.807) is 31.2 Å².